The second-order valence-electron chi connectivity index (χ2n) is 7.17. The van der Waals surface area contributed by atoms with E-state index in [2.05, 4.69) is 5.16 Å². The highest BCUT2D eigenvalue weighted by molar-refractivity contribution is 5.96. The Bertz CT molecular complexity index is 1020. The first kappa shape index (κ1) is 19.1. The number of fused-ring (bicyclic) bond motifs is 1. The van der Waals surface area contributed by atoms with E-state index in [0.29, 0.717) is 35.1 Å². The molecule has 2 aromatic carbocycles. The quantitative estimate of drug-likeness (QED) is 0.669. The fourth-order valence-electron chi connectivity index (χ4n) is 4.09. The lowest BCUT2D eigenvalue weighted by molar-refractivity contribution is 0.0691. The maximum atomic E-state index is 13.5. The van der Waals surface area contributed by atoms with E-state index in [9.17, 15) is 4.79 Å². The second-order valence-corrected chi connectivity index (χ2v) is 7.17. The van der Waals surface area contributed by atoms with Gasteiger partial charge in [-0.3, -0.25) is 4.79 Å². The van der Waals surface area contributed by atoms with Crippen molar-refractivity contribution in [2.45, 2.75) is 26.3 Å². The van der Waals surface area contributed by atoms with Crippen LogP contribution in [0.1, 0.15) is 44.5 Å². The number of benzene rings is 2. The third-order valence-corrected chi connectivity index (χ3v) is 5.50. The van der Waals surface area contributed by atoms with Crippen molar-refractivity contribution >= 4 is 5.91 Å². The van der Waals surface area contributed by atoms with E-state index in [4.69, 9.17) is 14.0 Å². The molecule has 0 saturated carbocycles. The molecule has 0 N–H and O–H groups in total. The van der Waals surface area contributed by atoms with E-state index in [-0.39, 0.29) is 11.9 Å². The van der Waals surface area contributed by atoms with Crippen LogP contribution in [0.25, 0.3) is 0 Å². The molecule has 150 valence electrons. The first-order valence-electron chi connectivity index (χ1n) is 9.58. The predicted molar refractivity (Wildman–Crippen MR) is 109 cm³/mol. The van der Waals surface area contributed by atoms with Crippen LogP contribution in [0.5, 0.6) is 11.5 Å². The third kappa shape index (κ3) is 3.24. The molecule has 0 bridgehead atoms. The van der Waals surface area contributed by atoms with Gasteiger partial charge in [0.1, 0.15) is 11.3 Å². The summed E-state index contributed by atoms with van der Waals surface area (Å²) in [4.78, 5) is 15.4. The Hall–Kier alpha value is -3.28. The van der Waals surface area contributed by atoms with Gasteiger partial charge in [0.05, 0.1) is 26.0 Å². The number of nitrogens with zero attached hydrogens (tertiary/aromatic N) is 2. The molecule has 2 heterocycles. The summed E-state index contributed by atoms with van der Waals surface area (Å²) in [6.07, 6.45) is 0.730. The first-order valence-corrected chi connectivity index (χ1v) is 9.58. The van der Waals surface area contributed by atoms with Crippen LogP contribution in [0.15, 0.2) is 47.0 Å². The molecule has 0 aliphatic carbocycles. The molecule has 3 aromatic rings. The summed E-state index contributed by atoms with van der Waals surface area (Å²) in [5.74, 6) is 1.82. The highest BCUT2D eigenvalue weighted by atomic mass is 16.5. The summed E-state index contributed by atoms with van der Waals surface area (Å²) in [5.41, 5.74) is 4.38. The Labute approximate surface area is 170 Å². The number of hydrogen-bond donors (Lipinski definition) is 0. The molecular formula is C23H24N2O4. The SMILES string of the molecule is COc1cc2c(cc1OC)C(c1ccccc1)N(C(=O)c1c(C)noc1C)CC2. The van der Waals surface area contributed by atoms with Crippen LogP contribution < -0.4 is 9.47 Å². The summed E-state index contributed by atoms with van der Waals surface area (Å²) in [7, 11) is 3.26. The van der Waals surface area contributed by atoms with E-state index in [0.717, 1.165) is 23.1 Å². The third-order valence-electron chi connectivity index (χ3n) is 5.50. The van der Waals surface area contributed by atoms with Gasteiger partial charge < -0.3 is 18.9 Å². The molecule has 0 radical (unpaired) electrons. The van der Waals surface area contributed by atoms with Crippen LogP contribution in [-0.4, -0.2) is 36.7 Å². The topological polar surface area (TPSA) is 64.8 Å². The van der Waals surface area contributed by atoms with Gasteiger partial charge in [0.15, 0.2) is 11.5 Å². The fraction of sp³-hybridized carbons (Fsp3) is 0.304. The minimum absolute atomic E-state index is 0.0736. The van der Waals surface area contributed by atoms with Crippen molar-refractivity contribution in [2.75, 3.05) is 20.8 Å². The van der Waals surface area contributed by atoms with Crippen molar-refractivity contribution in [3.63, 3.8) is 0 Å². The number of aryl methyl sites for hydroxylation is 2. The lowest BCUT2D eigenvalue weighted by atomic mass is 9.87. The first-order chi connectivity index (χ1) is 14.0. The second kappa shape index (κ2) is 7.62. The molecule has 0 saturated heterocycles. The fourth-order valence-corrected chi connectivity index (χ4v) is 4.09. The maximum Gasteiger partial charge on any atom is 0.260 e. The van der Waals surface area contributed by atoms with Crippen molar-refractivity contribution in [3.8, 4) is 11.5 Å². The van der Waals surface area contributed by atoms with E-state index in [1.165, 1.54) is 0 Å². The molecule has 1 aliphatic rings. The summed E-state index contributed by atoms with van der Waals surface area (Å²) in [6, 6.07) is 13.8. The van der Waals surface area contributed by atoms with E-state index >= 15 is 0 Å². The van der Waals surface area contributed by atoms with Crippen LogP contribution >= 0.6 is 0 Å². The Kier molecular flexibility index (Phi) is 5.01. The van der Waals surface area contributed by atoms with Crippen molar-refractivity contribution < 1.29 is 18.8 Å². The largest absolute Gasteiger partial charge is 0.493 e. The zero-order valence-electron chi connectivity index (χ0n) is 17.1. The van der Waals surface area contributed by atoms with Crippen LogP contribution in [-0.2, 0) is 6.42 Å². The zero-order valence-corrected chi connectivity index (χ0v) is 17.1. The van der Waals surface area contributed by atoms with Gasteiger partial charge in [0.25, 0.3) is 5.91 Å². The van der Waals surface area contributed by atoms with E-state index < -0.39 is 0 Å². The van der Waals surface area contributed by atoms with Gasteiger partial charge in [0.2, 0.25) is 0 Å². The van der Waals surface area contributed by atoms with Crippen molar-refractivity contribution in [1.29, 1.82) is 0 Å². The lowest BCUT2D eigenvalue weighted by Gasteiger charge is -2.38. The molecule has 1 aromatic heterocycles. The normalized spacial score (nSPS) is 15.7. The number of rotatable bonds is 4. The monoisotopic (exact) mass is 392 g/mol. The van der Waals surface area contributed by atoms with Gasteiger partial charge in [-0.15, -0.1) is 0 Å². The van der Waals surface area contributed by atoms with Gasteiger partial charge >= 0.3 is 0 Å². The Morgan fingerprint density at radius 2 is 1.79 bits per heavy atom. The van der Waals surface area contributed by atoms with Gasteiger partial charge in [0, 0.05) is 6.54 Å². The molecular weight excluding hydrogens is 368 g/mol. The average Bonchev–Trinajstić information content (AvgIpc) is 3.09. The van der Waals surface area contributed by atoms with Crippen LogP contribution in [0.2, 0.25) is 0 Å². The van der Waals surface area contributed by atoms with Crippen molar-refractivity contribution in [2.24, 2.45) is 0 Å². The van der Waals surface area contributed by atoms with Crippen LogP contribution in [0.4, 0.5) is 0 Å². The Balaban J connectivity index is 1.87. The van der Waals surface area contributed by atoms with Gasteiger partial charge in [-0.05, 0) is 49.1 Å². The number of amides is 1. The van der Waals surface area contributed by atoms with Gasteiger partial charge in [-0.1, -0.05) is 35.5 Å². The van der Waals surface area contributed by atoms with Crippen molar-refractivity contribution in [1.82, 2.24) is 10.1 Å². The average molecular weight is 392 g/mol. The number of carbonyl (C=O) groups excluding carboxylic acids is 1. The molecule has 0 fully saturated rings. The van der Waals surface area contributed by atoms with Gasteiger partial charge in [-0.25, -0.2) is 0 Å². The molecule has 1 unspecified atom stereocenters. The maximum absolute atomic E-state index is 13.5. The highest BCUT2D eigenvalue weighted by Gasteiger charge is 2.35. The van der Waals surface area contributed by atoms with E-state index in [1.807, 2.05) is 47.4 Å². The molecule has 29 heavy (non-hydrogen) atoms. The molecule has 0 spiro atoms. The zero-order chi connectivity index (χ0) is 20.5. The molecule has 1 aliphatic heterocycles. The summed E-state index contributed by atoms with van der Waals surface area (Å²) in [6.45, 7) is 4.16. The minimum Gasteiger partial charge on any atom is -0.493 e. The van der Waals surface area contributed by atoms with Crippen LogP contribution in [0, 0.1) is 13.8 Å². The predicted octanol–water partition coefficient (Wildman–Crippen LogP) is 4.10. The summed E-state index contributed by atoms with van der Waals surface area (Å²) < 4.78 is 16.3. The summed E-state index contributed by atoms with van der Waals surface area (Å²) >= 11 is 0. The molecule has 1 atom stereocenters. The molecule has 6 nitrogen and oxygen atoms in total. The highest BCUT2D eigenvalue weighted by Crippen LogP contribution is 2.41. The Morgan fingerprint density at radius 3 is 2.41 bits per heavy atom. The minimum atomic E-state index is -0.235. The Morgan fingerprint density at radius 1 is 1.10 bits per heavy atom. The lowest BCUT2D eigenvalue weighted by Crippen LogP contribution is -2.41. The smallest absolute Gasteiger partial charge is 0.260 e. The molecule has 1 amide bonds. The van der Waals surface area contributed by atoms with Crippen LogP contribution in [0.3, 0.4) is 0 Å². The summed E-state index contributed by atoms with van der Waals surface area (Å²) in [5, 5.41) is 3.97. The van der Waals surface area contributed by atoms with Gasteiger partial charge in [-0.2, -0.15) is 0 Å². The number of ether oxygens (including phenoxy) is 2. The number of aromatic nitrogens is 1. The number of carbonyl (C=O) groups is 1. The molecule has 6 heteroatoms. The number of hydrogen-bond acceptors (Lipinski definition) is 5. The van der Waals surface area contributed by atoms with Crippen molar-refractivity contribution in [3.05, 3.63) is 76.2 Å². The van der Waals surface area contributed by atoms with E-state index in [1.54, 1.807) is 28.1 Å². The molecule has 4 rings (SSSR count). The number of methoxy groups -OCH3 is 2. The standard InChI is InChI=1S/C23H24N2O4/c1-14-21(15(2)29-24-14)23(26)25-11-10-17-12-19(27-3)20(28-4)13-18(17)22(25)16-8-6-5-7-9-16/h5-9,12-13,22H,10-11H2,1-4H3.